The molecular weight excluding hydrogens is 236 g/mol. The first-order chi connectivity index (χ1) is 8.53. The van der Waals surface area contributed by atoms with Crippen molar-refractivity contribution in [3.8, 4) is 17.6 Å². The van der Waals surface area contributed by atoms with E-state index in [1.54, 1.807) is 6.07 Å². The molecule has 96 valence electrons. The minimum Gasteiger partial charge on any atom is -0.493 e. The number of rotatable bonds is 5. The van der Waals surface area contributed by atoms with E-state index >= 15 is 0 Å². The summed E-state index contributed by atoms with van der Waals surface area (Å²) in [7, 11) is 2.86. The van der Waals surface area contributed by atoms with Crippen LogP contribution in [0, 0.1) is 11.3 Å². The van der Waals surface area contributed by atoms with E-state index in [0.29, 0.717) is 17.1 Å². The van der Waals surface area contributed by atoms with Gasteiger partial charge in [0.25, 0.3) is 0 Å². The second-order valence-electron chi connectivity index (χ2n) is 3.62. The fourth-order valence-electron chi connectivity index (χ4n) is 1.59. The molecule has 6 heteroatoms. The molecule has 0 bridgehead atoms. The Labute approximate surface area is 105 Å². The lowest BCUT2D eigenvalue weighted by Gasteiger charge is -2.14. The Morgan fingerprint density at radius 1 is 1.50 bits per heavy atom. The van der Waals surface area contributed by atoms with Crippen LogP contribution in [0.1, 0.15) is 23.6 Å². The van der Waals surface area contributed by atoms with Crippen molar-refractivity contribution in [1.29, 1.82) is 5.26 Å². The van der Waals surface area contributed by atoms with Crippen molar-refractivity contribution in [3.63, 3.8) is 0 Å². The summed E-state index contributed by atoms with van der Waals surface area (Å²) in [5, 5.41) is 17.7. The summed E-state index contributed by atoms with van der Waals surface area (Å²) in [6, 6.07) is 4.35. The molecule has 1 atom stereocenters. The maximum atomic E-state index is 10.6. The van der Waals surface area contributed by atoms with E-state index in [2.05, 4.69) is 0 Å². The number of nitriles is 1. The van der Waals surface area contributed by atoms with Crippen LogP contribution in [0.2, 0.25) is 0 Å². The van der Waals surface area contributed by atoms with Crippen LogP contribution in [0.5, 0.6) is 11.5 Å². The number of hydrogen-bond acceptors (Lipinski definition) is 5. The first kappa shape index (κ1) is 13.8. The van der Waals surface area contributed by atoms with Gasteiger partial charge in [-0.05, 0) is 17.7 Å². The van der Waals surface area contributed by atoms with Gasteiger partial charge in [-0.3, -0.25) is 4.79 Å². The third kappa shape index (κ3) is 2.90. The Kier molecular flexibility index (Phi) is 4.52. The SMILES string of the molecule is COc1cc(C(N)CC(=O)O)cc(C#N)c1OC. The van der Waals surface area contributed by atoms with Crippen molar-refractivity contribution in [2.75, 3.05) is 14.2 Å². The van der Waals surface area contributed by atoms with Crippen LogP contribution in [0.25, 0.3) is 0 Å². The van der Waals surface area contributed by atoms with Gasteiger partial charge in [0.05, 0.1) is 26.2 Å². The van der Waals surface area contributed by atoms with Gasteiger partial charge in [0.1, 0.15) is 6.07 Å². The standard InChI is InChI=1S/C12H14N2O4/c1-17-10-4-7(9(14)5-11(15)16)3-8(6-13)12(10)18-2/h3-4,9H,5,14H2,1-2H3,(H,15,16). The van der Waals surface area contributed by atoms with Crippen molar-refractivity contribution in [3.05, 3.63) is 23.3 Å². The molecule has 0 saturated heterocycles. The molecule has 0 spiro atoms. The minimum atomic E-state index is -1.00. The first-order valence-corrected chi connectivity index (χ1v) is 5.16. The number of aliphatic carboxylic acids is 1. The molecule has 18 heavy (non-hydrogen) atoms. The molecule has 0 aliphatic rings. The maximum absolute atomic E-state index is 10.6. The monoisotopic (exact) mass is 250 g/mol. The second-order valence-corrected chi connectivity index (χ2v) is 3.62. The van der Waals surface area contributed by atoms with Gasteiger partial charge >= 0.3 is 5.97 Å². The van der Waals surface area contributed by atoms with Crippen LogP contribution in [0.15, 0.2) is 12.1 Å². The zero-order valence-electron chi connectivity index (χ0n) is 10.1. The molecule has 1 aromatic carbocycles. The number of benzene rings is 1. The number of nitrogens with zero attached hydrogens (tertiary/aromatic N) is 1. The van der Waals surface area contributed by atoms with Crippen molar-refractivity contribution < 1.29 is 19.4 Å². The predicted octanol–water partition coefficient (Wildman–Crippen LogP) is 1.05. The van der Waals surface area contributed by atoms with Crippen LogP contribution in [-0.4, -0.2) is 25.3 Å². The van der Waals surface area contributed by atoms with Gasteiger partial charge in [0.2, 0.25) is 0 Å². The molecule has 0 saturated carbocycles. The van der Waals surface area contributed by atoms with Crippen molar-refractivity contribution in [1.82, 2.24) is 0 Å². The smallest absolute Gasteiger partial charge is 0.305 e. The van der Waals surface area contributed by atoms with Crippen LogP contribution in [0.4, 0.5) is 0 Å². The largest absolute Gasteiger partial charge is 0.493 e. The van der Waals surface area contributed by atoms with E-state index in [0.717, 1.165) is 0 Å². The molecule has 0 heterocycles. The minimum absolute atomic E-state index is 0.222. The lowest BCUT2D eigenvalue weighted by atomic mass is 10.0. The average Bonchev–Trinajstić information content (AvgIpc) is 2.35. The van der Waals surface area contributed by atoms with Gasteiger partial charge in [-0.15, -0.1) is 0 Å². The van der Waals surface area contributed by atoms with Gasteiger partial charge in [0, 0.05) is 6.04 Å². The van der Waals surface area contributed by atoms with Crippen molar-refractivity contribution in [2.24, 2.45) is 5.73 Å². The number of nitrogens with two attached hydrogens (primary N) is 1. The second kappa shape index (κ2) is 5.89. The highest BCUT2D eigenvalue weighted by atomic mass is 16.5. The molecule has 1 rings (SSSR count). The Bertz CT molecular complexity index is 494. The predicted molar refractivity (Wildman–Crippen MR) is 63.4 cm³/mol. The molecule has 1 unspecified atom stereocenters. The van der Waals surface area contributed by atoms with Gasteiger partial charge in [0.15, 0.2) is 11.5 Å². The summed E-state index contributed by atoms with van der Waals surface area (Å²) in [4.78, 5) is 10.6. The molecule has 0 radical (unpaired) electrons. The van der Waals surface area contributed by atoms with Gasteiger partial charge in [-0.25, -0.2) is 0 Å². The summed E-state index contributed by atoms with van der Waals surface area (Å²) >= 11 is 0. The number of ether oxygens (including phenoxy) is 2. The average molecular weight is 250 g/mol. The summed E-state index contributed by atoms with van der Waals surface area (Å²) < 4.78 is 10.2. The van der Waals surface area contributed by atoms with Gasteiger partial charge in [-0.2, -0.15) is 5.26 Å². The third-order valence-corrected chi connectivity index (χ3v) is 2.44. The number of hydrogen-bond donors (Lipinski definition) is 2. The summed E-state index contributed by atoms with van der Waals surface area (Å²) in [6.07, 6.45) is -0.222. The molecule has 0 aliphatic heterocycles. The zero-order valence-corrected chi connectivity index (χ0v) is 10.1. The third-order valence-electron chi connectivity index (χ3n) is 2.44. The van der Waals surface area contributed by atoms with E-state index < -0.39 is 12.0 Å². The molecule has 3 N–H and O–H groups in total. The molecule has 0 fully saturated rings. The maximum Gasteiger partial charge on any atom is 0.305 e. The Balaban J connectivity index is 3.23. The summed E-state index contributed by atoms with van der Waals surface area (Å²) in [5.74, 6) is -0.338. The lowest BCUT2D eigenvalue weighted by Crippen LogP contribution is -2.15. The molecular formula is C12H14N2O4. The highest BCUT2D eigenvalue weighted by Gasteiger charge is 2.17. The number of carbonyl (C=O) groups is 1. The van der Waals surface area contributed by atoms with E-state index in [1.165, 1.54) is 20.3 Å². The quantitative estimate of drug-likeness (QED) is 0.809. The fraction of sp³-hybridized carbons (Fsp3) is 0.333. The van der Waals surface area contributed by atoms with E-state index in [-0.39, 0.29) is 12.0 Å². The lowest BCUT2D eigenvalue weighted by molar-refractivity contribution is -0.137. The van der Waals surface area contributed by atoms with Gasteiger partial charge < -0.3 is 20.3 Å². The van der Waals surface area contributed by atoms with E-state index in [9.17, 15) is 4.79 Å². The Morgan fingerprint density at radius 2 is 2.17 bits per heavy atom. The van der Waals surface area contributed by atoms with Crippen LogP contribution >= 0.6 is 0 Å². The van der Waals surface area contributed by atoms with Crippen LogP contribution in [0.3, 0.4) is 0 Å². The molecule has 0 aromatic heterocycles. The Hall–Kier alpha value is -2.26. The normalized spacial score (nSPS) is 11.4. The number of carboxylic acids is 1. The molecule has 0 amide bonds. The summed E-state index contributed by atoms with van der Waals surface area (Å²) in [5.41, 5.74) is 6.53. The fourth-order valence-corrected chi connectivity index (χ4v) is 1.59. The van der Waals surface area contributed by atoms with E-state index in [1.807, 2.05) is 6.07 Å². The number of methoxy groups -OCH3 is 2. The molecule has 6 nitrogen and oxygen atoms in total. The molecule has 1 aromatic rings. The molecule has 0 aliphatic carbocycles. The van der Waals surface area contributed by atoms with E-state index in [4.69, 9.17) is 25.6 Å². The van der Waals surface area contributed by atoms with Crippen LogP contribution < -0.4 is 15.2 Å². The van der Waals surface area contributed by atoms with Crippen molar-refractivity contribution >= 4 is 5.97 Å². The van der Waals surface area contributed by atoms with Crippen molar-refractivity contribution in [2.45, 2.75) is 12.5 Å². The van der Waals surface area contributed by atoms with Gasteiger partial charge in [-0.1, -0.05) is 0 Å². The number of carboxylic acid groups (broad SMARTS) is 1. The topological polar surface area (TPSA) is 106 Å². The van der Waals surface area contributed by atoms with Crippen LogP contribution in [-0.2, 0) is 4.79 Å². The zero-order chi connectivity index (χ0) is 13.7. The summed E-state index contributed by atoms with van der Waals surface area (Å²) in [6.45, 7) is 0. The first-order valence-electron chi connectivity index (χ1n) is 5.16. The highest BCUT2D eigenvalue weighted by Crippen LogP contribution is 2.34. The Morgan fingerprint density at radius 3 is 2.61 bits per heavy atom. The highest BCUT2D eigenvalue weighted by molar-refractivity contribution is 5.68.